The van der Waals surface area contributed by atoms with Crippen molar-refractivity contribution >= 4 is 40.1 Å². The van der Waals surface area contributed by atoms with Crippen LogP contribution in [0.1, 0.15) is 32.3 Å². The topological polar surface area (TPSA) is 143 Å². The van der Waals surface area contributed by atoms with Gasteiger partial charge in [-0.05, 0) is 29.8 Å². The molecule has 0 spiro atoms. The number of nitrogens with two attached hydrogens (primary N) is 1. The minimum atomic E-state index is -0.689. The Balaban J connectivity index is 1.56. The lowest BCUT2D eigenvalue weighted by Gasteiger charge is -2.18. The summed E-state index contributed by atoms with van der Waals surface area (Å²) in [5.41, 5.74) is 6.72. The Morgan fingerprint density at radius 3 is 2.64 bits per heavy atom. The number of H-pyrrole nitrogens is 1. The summed E-state index contributed by atoms with van der Waals surface area (Å²) in [5.74, 6) is -1.08. The van der Waals surface area contributed by atoms with Gasteiger partial charge in [0.1, 0.15) is 17.5 Å². The molecule has 1 atom stereocenters. The first-order valence-corrected chi connectivity index (χ1v) is 10.3. The van der Waals surface area contributed by atoms with Crippen LogP contribution in [0.15, 0.2) is 71.9 Å². The lowest BCUT2D eigenvalue weighted by atomic mass is 10.1. The van der Waals surface area contributed by atoms with E-state index in [-0.39, 0.29) is 40.3 Å². The standard InChI is InChI=1S/C23H19ClN6O3/c24-17-7-6-14(21(31)29-19(10-25)13-4-2-1-3-5-13)9-18(17)28-22(32)16-8-15-11-26-12-27-20(15)30-23(16)33/h1-9,11-12,19H,10,25H2,(H,28,32)(H,29,31)(H,26,27,30,33). The molecule has 2 aromatic heterocycles. The maximum absolute atomic E-state index is 12.8. The summed E-state index contributed by atoms with van der Waals surface area (Å²) in [5, 5.41) is 6.16. The molecule has 2 aromatic carbocycles. The molecule has 166 valence electrons. The molecular weight excluding hydrogens is 444 g/mol. The predicted molar refractivity (Wildman–Crippen MR) is 125 cm³/mol. The van der Waals surface area contributed by atoms with E-state index < -0.39 is 11.5 Å². The largest absolute Gasteiger partial charge is 0.344 e. The van der Waals surface area contributed by atoms with Gasteiger partial charge >= 0.3 is 0 Å². The number of anilines is 1. The Kier molecular flexibility index (Phi) is 6.43. The summed E-state index contributed by atoms with van der Waals surface area (Å²) in [6.45, 7) is 0.210. The van der Waals surface area contributed by atoms with Crippen LogP contribution in [-0.4, -0.2) is 33.3 Å². The maximum atomic E-state index is 12.8. The molecule has 0 radical (unpaired) electrons. The summed E-state index contributed by atoms with van der Waals surface area (Å²) in [4.78, 5) is 48.3. The number of benzene rings is 2. The third-order valence-electron chi connectivity index (χ3n) is 4.98. The number of carbonyl (C=O) groups is 2. The van der Waals surface area contributed by atoms with Gasteiger partial charge in [0.25, 0.3) is 17.4 Å². The quantitative estimate of drug-likeness (QED) is 0.347. The summed E-state index contributed by atoms with van der Waals surface area (Å²) >= 11 is 6.22. The second-order valence-corrected chi connectivity index (χ2v) is 7.57. The summed E-state index contributed by atoms with van der Waals surface area (Å²) in [7, 11) is 0. The Morgan fingerprint density at radius 2 is 1.88 bits per heavy atom. The second kappa shape index (κ2) is 9.60. The van der Waals surface area contributed by atoms with Gasteiger partial charge in [-0.15, -0.1) is 0 Å². The van der Waals surface area contributed by atoms with Crippen molar-refractivity contribution in [1.82, 2.24) is 20.3 Å². The van der Waals surface area contributed by atoms with E-state index in [0.717, 1.165) is 5.56 Å². The number of aromatic nitrogens is 3. The van der Waals surface area contributed by atoms with Crippen molar-refractivity contribution in [2.24, 2.45) is 5.73 Å². The van der Waals surface area contributed by atoms with Crippen molar-refractivity contribution in [3.63, 3.8) is 0 Å². The van der Waals surface area contributed by atoms with Crippen molar-refractivity contribution in [3.05, 3.63) is 99.2 Å². The van der Waals surface area contributed by atoms with Crippen molar-refractivity contribution in [2.45, 2.75) is 6.04 Å². The Morgan fingerprint density at radius 1 is 1.09 bits per heavy atom. The average molecular weight is 463 g/mol. The van der Waals surface area contributed by atoms with E-state index in [1.54, 1.807) is 0 Å². The highest BCUT2D eigenvalue weighted by molar-refractivity contribution is 6.34. The molecule has 0 aliphatic heterocycles. The number of rotatable bonds is 6. The molecule has 1 unspecified atom stereocenters. The van der Waals surface area contributed by atoms with E-state index in [9.17, 15) is 14.4 Å². The first kappa shape index (κ1) is 22.1. The van der Waals surface area contributed by atoms with Gasteiger partial charge in [0.2, 0.25) is 0 Å². The van der Waals surface area contributed by atoms with Crippen molar-refractivity contribution in [2.75, 3.05) is 11.9 Å². The third kappa shape index (κ3) is 4.89. The van der Waals surface area contributed by atoms with E-state index in [2.05, 4.69) is 25.6 Å². The number of pyridine rings is 1. The van der Waals surface area contributed by atoms with E-state index >= 15 is 0 Å². The zero-order chi connectivity index (χ0) is 23.4. The third-order valence-corrected chi connectivity index (χ3v) is 5.31. The molecule has 0 fully saturated rings. The molecule has 0 aliphatic carbocycles. The number of nitrogens with zero attached hydrogens (tertiary/aromatic N) is 2. The van der Waals surface area contributed by atoms with Crippen LogP contribution >= 0.6 is 11.6 Å². The second-order valence-electron chi connectivity index (χ2n) is 7.16. The molecule has 9 nitrogen and oxygen atoms in total. The Bertz CT molecular complexity index is 1390. The van der Waals surface area contributed by atoms with Gasteiger partial charge in [-0.2, -0.15) is 0 Å². The number of halogens is 1. The SMILES string of the molecule is NCC(NC(=O)c1ccc(Cl)c(NC(=O)c2cc3cncnc3[nH]c2=O)c1)c1ccccc1. The Hall–Kier alpha value is -4.08. The van der Waals surface area contributed by atoms with Crippen molar-refractivity contribution in [3.8, 4) is 0 Å². The number of amides is 2. The number of hydrogen-bond acceptors (Lipinski definition) is 6. The molecule has 4 aromatic rings. The van der Waals surface area contributed by atoms with E-state index in [4.69, 9.17) is 17.3 Å². The molecule has 0 saturated heterocycles. The van der Waals surface area contributed by atoms with Gasteiger partial charge in [-0.25, -0.2) is 9.97 Å². The number of nitrogens with one attached hydrogen (secondary N) is 3. The highest BCUT2D eigenvalue weighted by atomic mass is 35.5. The van der Waals surface area contributed by atoms with Gasteiger partial charge in [-0.1, -0.05) is 41.9 Å². The van der Waals surface area contributed by atoms with Crippen LogP contribution in [-0.2, 0) is 0 Å². The van der Waals surface area contributed by atoms with Gasteiger partial charge < -0.3 is 21.4 Å². The molecule has 4 rings (SSSR count). The molecule has 2 heterocycles. The van der Waals surface area contributed by atoms with Crippen LogP contribution in [0.3, 0.4) is 0 Å². The van der Waals surface area contributed by atoms with Gasteiger partial charge in [0, 0.05) is 23.7 Å². The zero-order valence-electron chi connectivity index (χ0n) is 17.2. The van der Waals surface area contributed by atoms with Crippen molar-refractivity contribution < 1.29 is 9.59 Å². The zero-order valence-corrected chi connectivity index (χ0v) is 18.0. The molecular formula is C23H19ClN6O3. The highest BCUT2D eigenvalue weighted by Crippen LogP contribution is 2.24. The summed E-state index contributed by atoms with van der Waals surface area (Å²) in [6, 6.07) is 14.8. The summed E-state index contributed by atoms with van der Waals surface area (Å²) in [6.07, 6.45) is 2.77. The molecule has 0 saturated carbocycles. The first-order chi connectivity index (χ1) is 16.0. The van der Waals surface area contributed by atoms with E-state index in [1.165, 1.54) is 36.8 Å². The molecule has 0 aliphatic rings. The fourth-order valence-corrected chi connectivity index (χ4v) is 3.44. The Labute approximate surface area is 193 Å². The number of carbonyl (C=O) groups excluding carboxylic acids is 2. The fourth-order valence-electron chi connectivity index (χ4n) is 3.27. The lowest BCUT2D eigenvalue weighted by Crippen LogP contribution is -2.33. The van der Waals surface area contributed by atoms with Crippen LogP contribution < -0.4 is 21.9 Å². The number of fused-ring (bicyclic) bond motifs is 1. The van der Waals surface area contributed by atoms with E-state index in [0.29, 0.717) is 11.0 Å². The van der Waals surface area contributed by atoms with Crippen LogP contribution in [0.25, 0.3) is 11.0 Å². The fraction of sp³-hybridized carbons (Fsp3) is 0.0870. The van der Waals surface area contributed by atoms with Crippen LogP contribution in [0.5, 0.6) is 0 Å². The number of hydrogen-bond donors (Lipinski definition) is 4. The maximum Gasteiger partial charge on any atom is 0.262 e. The van der Waals surface area contributed by atoms with Crippen molar-refractivity contribution in [1.29, 1.82) is 0 Å². The first-order valence-electron chi connectivity index (χ1n) is 9.96. The average Bonchev–Trinajstić information content (AvgIpc) is 2.83. The van der Waals surface area contributed by atoms with Crippen LogP contribution in [0.4, 0.5) is 5.69 Å². The minimum absolute atomic E-state index is 0.143. The smallest absolute Gasteiger partial charge is 0.262 e. The monoisotopic (exact) mass is 462 g/mol. The van der Waals surface area contributed by atoms with Gasteiger partial charge in [0.05, 0.1) is 16.8 Å². The molecule has 2 amide bonds. The lowest BCUT2D eigenvalue weighted by molar-refractivity contribution is 0.0936. The molecule has 5 N–H and O–H groups in total. The summed E-state index contributed by atoms with van der Waals surface area (Å²) < 4.78 is 0. The molecule has 0 bridgehead atoms. The molecule has 10 heteroatoms. The number of aromatic amines is 1. The highest BCUT2D eigenvalue weighted by Gasteiger charge is 2.18. The van der Waals surface area contributed by atoms with Crippen LogP contribution in [0, 0.1) is 0 Å². The predicted octanol–water partition coefficient (Wildman–Crippen LogP) is 2.65. The van der Waals surface area contributed by atoms with Gasteiger partial charge in [-0.3, -0.25) is 14.4 Å². The van der Waals surface area contributed by atoms with E-state index in [1.807, 2.05) is 30.3 Å². The molecule has 33 heavy (non-hydrogen) atoms. The normalized spacial score (nSPS) is 11.7. The van der Waals surface area contributed by atoms with Crippen LogP contribution in [0.2, 0.25) is 5.02 Å². The minimum Gasteiger partial charge on any atom is -0.344 e. The van der Waals surface area contributed by atoms with Gasteiger partial charge in [0.15, 0.2) is 0 Å².